The minimum Gasteiger partial charge on any atom is -0.382 e. The Labute approximate surface area is 118 Å². The van der Waals surface area contributed by atoms with E-state index in [-0.39, 0.29) is 0 Å². The Hall–Kier alpha value is -2.42. The first-order chi connectivity index (χ1) is 9.65. The van der Waals surface area contributed by atoms with Crippen molar-refractivity contribution in [3.8, 4) is 0 Å². The highest BCUT2D eigenvalue weighted by Crippen LogP contribution is 2.27. The molecule has 0 saturated carbocycles. The molecule has 0 fully saturated rings. The maximum absolute atomic E-state index is 6.00. The van der Waals surface area contributed by atoms with Gasteiger partial charge in [0.25, 0.3) is 0 Å². The van der Waals surface area contributed by atoms with Crippen LogP contribution in [0.3, 0.4) is 0 Å². The third kappa shape index (κ3) is 2.23. The number of anilines is 1. The van der Waals surface area contributed by atoms with Crippen molar-refractivity contribution in [2.45, 2.75) is 13.8 Å². The summed E-state index contributed by atoms with van der Waals surface area (Å²) in [7, 11) is 0. The van der Waals surface area contributed by atoms with Crippen molar-refractivity contribution in [2.75, 3.05) is 5.73 Å². The van der Waals surface area contributed by atoms with E-state index in [9.17, 15) is 0 Å². The van der Waals surface area contributed by atoms with Gasteiger partial charge in [-0.15, -0.1) is 0 Å². The number of nitrogen functional groups attached to an aromatic ring is 1. The van der Waals surface area contributed by atoms with E-state index in [1.165, 1.54) is 0 Å². The van der Waals surface area contributed by atoms with Crippen LogP contribution in [0.2, 0.25) is 0 Å². The first-order valence-electron chi connectivity index (χ1n) is 6.77. The van der Waals surface area contributed by atoms with Crippen LogP contribution < -0.4 is 5.73 Å². The zero-order chi connectivity index (χ0) is 14.1. The molecule has 0 aliphatic rings. The summed E-state index contributed by atoms with van der Waals surface area (Å²) in [6.45, 7) is 4.32. The van der Waals surface area contributed by atoms with E-state index in [1.807, 2.05) is 12.1 Å². The van der Waals surface area contributed by atoms with Crippen LogP contribution in [0.5, 0.6) is 0 Å². The molecule has 2 aromatic heterocycles. The van der Waals surface area contributed by atoms with Crippen LogP contribution in [0, 0.1) is 5.92 Å². The number of benzene rings is 1. The van der Waals surface area contributed by atoms with Crippen LogP contribution >= 0.6 is 0 Å². The molecule has 2 N–H and O–H groups in total. The third-order valence-electron chi connectivity index (χ3n) is 3.28. The molecule has 20 heavy (non-hydrogen) atoms. The number of hydrogen-bond donors (Lipinski definition) is 1. The van der Waals surface area contributed by atoms with Crippen molar-refractivity contribution < 1.29 is 0 Å². The van der Waals surface area contributed by atoms with Gasteiger partial charge in [-0.2, -0.15) is 0 Å². The van der Waals surface area contributed by atoms with E-state index < -0.39 is 0 Å². The minimum atomic E-state index is 0.484. The van der Waals surface area contributed by atoms with Gasteiger partial charge in [0.05, 0.1) is 5.52 Å². The molecule has 0 atom stereocenters. The Kier molecular flexibility index (Phi) is 3.11. The minimum absolute atomic E-state index is 0.484. The fourth-order valence-electron chi connectivity index (χ4n) is 2.29. The van der Waals surface area contributed by atoms with Gasteiger partial charge in [-0.1, -0.05) is 44.2 Å². The van der Waals surface area contributed by atoms with Gasteiger partial charge in [-0.05, 0) is 23.6 Å². The fraction of sp³-hybridized carbons (Fsp3) is 0.176. The smallest absolute Gasteiger partial charge is 0.150 e. The number of pyridine rings is 2. The molecule has 0 amide bonds. The zero-order valence-corrected chi connectivity index (χ0v) is 11.7. The summed E-state index contributed by atoms with van der Waals surface area (Å²) in [4.78, 5) is 8.78. The molecule has 3 aromatic rings. The number of allylic oxidation sites excluding steroid dienone is 1. The number of hydrogen-bond acceptors (Lipinski definition) is 3. The summed E-state index contributed by atoms with van der Waals surface area (Å²) in [6, 6.07) is 10.2. The lowest BCUT2D eigenvalue weighted by molar-refractivity contribution is 0.836. The Morgan fingerprint density at radius 1 is 1.15 bits per heavy atom. The van der Waals surface area contributed by atoms with Crippen LogP contribution in [-0.4, -0.2) is 9.97 Å². The van der Waals surface area contributed by atoms with Crippen LogP contribution in [0.4, 0.5) is 5.82 Å². The molecule has 3 nitrogen and oxygen atoms in total. The van der Waals surface area contributed by atoms with Crippen molar-refractivity contribution in [2.24, 2.45) is 5.92 Å². The van der Waals surface area contributed by atoms with E-state index in [1.54, 1.807) is 6.20 Å². The van der Waals surface area contributed by atoms with E-state index in [0.29, 0.717) is 11.7 Å². The first-order valence-corrected chi connectivity index (χ1v) is 6.77. The summed E-state index contributed by atoms with van der Waals surface area (Å²) >= 11 is 0. The SMILES string of the molecule is CC(C)/C=C/c1ccc2c(c1)nc(N)c1ncccc12. The van der Waals surface area contributed by atoms with Gasteiger partial charge < -0.3 is 5.73 Å². The van der Waals surface area contributed by atoms with Gasteiger partial charge in [-0.3, -0.25) is 4.98 Å². The summed E-state index contributed by atoms with van der Waals surface area (Å²) in [5, 5.41) is 2.14. The second kappa shape index (κ2) is 4.93. The number of nitrogens with zero attached hydrogens (tertiary/aromatic N) is 2. The predicted molar refractivity (Wildman–Crippen MR) is 85.3 cm³/mol. The Morgan fingerprint density at radius 2 is 2.00 bits per heavy atom. The molecule has 2 heterocycles. The van der Waals surface area contributed by atoms with E-state index in [2.05, 4.69) is 54.2 Å². The molecule has 0 saturated heterocycles. The van der Waals surface area contributed by atoms with E-state index >= 15 is 0 Å². The van der Waals surface area contributed by atoms with Crippen molar-refractivity contribution in [1.82, 2.24) is 9.97 Å². The molecule has 0 unspecified atom stereocenters. The molecule has 0 bridgehead atoms. The molecule has 0 radical (unpaired) electrons. The van der Waals surface area contributed by atoms with Crippen LogP contribution in [0.1, 0.15) is 19.4 Å². The summed E-state index contributed by atoms with van der Waals surface area (Å²) in [5.41, 5.74) is 8.82. The van der Waals surface area contributed by atoms with Gasteiger partial charge in [0.1, 0.15) is 5.52 Å². The molecule has 1 aromatic carbocycles. The van der Waals surface area contributed by atoms with Crippen molar-refractivity contribution in [3.05, 3.63) is 48.2 Å². The summed E-state index contributed by atoms with van der Waals surface area (Å²) in [6.07, 6.45) is 6.04. The lowest BCUT2D eigenvalue weighted by Gasteiger charge is -2.06. The maximum atomic E-state index is 6.00. The highest BCUT2D eigenvalue weighted by Gasteiger charge is 2.06. The van der Waals surface area contributed by atoms with E-state index in [4.69, 9.17) is 5.73 Å². The lowest BCUT2D eigenvalue weighted by Crippen LogP contribution is -1.95. The Balaban J connectivity index is 2.23. The van der Waals surface area contributed by atoms with Gasteiger partial charge in [0.2, 0.25) is 0 Å². The first kappa shape index (κ1) is 12.6. The summed E-state index contributed by atoms with van der Waals surface area (Å²) < 4.78 is 0. The molecule has 3 rings (SSSR count). The molecule has 0 spiro atoms. The number of rotatable bonds is 2. The van der Waals surface area contributed by atoms with Crippen LogP contribution in [0.15, 0.2) is 42.6 Å². The van der Waals surface area contributed by atoms with E-state index in [0.717, 1.165) is 27.4 Å². The molecular weight excluding hydrogens is 246 g/mol. The molecule has 0 aliphatic carbocycles. The fourth-order valence-corrected chi connectivity index (χ4v) is 2.29. The van der Waals surface area contributed by atoms with Gasteiger partial charge >= 0.3 is 0 Å². The zero-order valence-electron chi connectivity index (χ0n) is 11.7. The standard InChI is InChI=1S/C17H17N3/c1-11(2)5-6-12-7-8-13-14-4-3-9-19-16(14)17(18)20-15(13)10-12/h3-11H,1-2H3,(H2,18,20)/b6-5+. The largest absolute Gasteiger partial charge is 0.382 e. The van der Waals surface area contributed by atoms with Gasteiger partial charge in [0.15, 0.2) is 5.82 Å². The maximum Gasteiger partial charge on any atom is 0.150 e. The second-order valence-corrected chi connectivity index (χ2v) is 5.28. The molecule has 100 valence electrons. The highest BCUT2D eigenvalue weighted by atomic mass is 14.9. The monoisotopic (exact) mass is 263 g/mol. The van der Waals surface area contributed by atoms with Gasteiger partial charge in [-0.25, -0.2) is 4.98 Å². The lowest BCUT2D eigenvalue weighted by atomic mass is 10.1. The van der Waals surface area contributed by atoms with Gasteiger partial charge in [0, 0.05) is 17.0 Å². The van der Waals surface area contributed by atoms with Crippen LogP contribution in [0.25, 0.3) is 27.9 Å². The number of nitrogens with two attached hydrogens (primary N) is 1. The predicted octanol–water partition coefficient (Wildman–Crippen LogP) is 4.03. The normalized spacial score (nSPS) is 11.9. The Bertz CT molecular complexity index is 804. The van der Waals surface area contributed by atoms with Crippen molar-refractivity contribution in [1.29, 1.82) is 0 Å². The summed E-state index contributed by atoms with van der Waals surface area (Å²) in [5.74, 6) is 1.02. The second-order valence-electron chi connectivity index (χ2n) is 5.28. The number of fused-ring (bicyclic) bond motifs is 3. The topological polar surface area (TPSA) is 51.8 Å². The third-order valence-corrected chi connectivity index (χ3v) is 3.28. The highest BCUT2D eigenvalue weighted by molar-refractivity contribution is 6.08. The van der Waals surface area contributed by atoms with Crippen molar-refractivity contribution in [3.63, 3.8) is 0 Å². The average Bonchev–Trinajstić information content (AvgIpc) is 2.45. The van der Waals surface area contributed by atoms with Crippen LogP contribution in [-0.2, 0) is 0 Å². The molecule has 0 aliphatic heterocycles. The molecular formula is C17H17N3. The quantitative estimate of drug-likeness (QED) is 0.710. The molecule has 3 heteroatoms. The average molecular weight is 263 g/mol. The Morgan fingerprint density at radius 3 is 2.80 bits per heavy atom. The van der Waals surface area contributed by atoms with Crippen molar-refractivity contribution >= 4 is 33.7 Å². The number of aromatic nitrogens is 2.